The van der Waals surface area contributed by atoms with E-state index in [4.69, 9.17) is 5.73 Å². The number of aromatic amines is 1. The van der Waals surface area contributed by atoms with Gasteiger partial charge in [0.15, 0.2) is 0 Å². The second kappa shape index (κ2) is 4.06. The fourth-order valence-electron chi connectivity index (χ4n) is 2.57. The summed E-state index contributed by atoms with van der Waals surface area (Å²) in [7, 11) is 0. The molecule has 0 radical (unpaired) electrons. The van der Waals surface area contributed by atoms with Crippen molar-refractivity contribution in [3.8, 4) is 0 Å². The summed E-state index contributed by atoms with van der Waals surface area (Å²) < 4.78 is 0.913. The van der Waals surface area contributed by atoms with Crippen LogP contribution in [0.3, 0.4) is 0 Å². The third-order valence-electron chi connectivity index (χ3n) is 3.59. The number of hydrogen-bond acceptors (Lipinski definition) is 4. The zero-order chi connectivity index (χ0) is 13.7. The number of aryl methyl sites for hydroxylation is 2. The van der Waals surface area contributed by atoms with Gasteiger partial charge in [0.2, 0.25) is 5.91 Å². The van der Waals surface area contributed by atoms with Crippen LogP contribution >= 0.6 is 11.3 Å². The molecule has 2 aromatic rings. The molecule has 1 aliphatic carbocycles. The first-order valence-corrected chi connectivity index (χ1v) is 6.90. The van der Waals surface area contributed by atoms with E-state index in [0.29, 0.717) is 10.2 Å². The number of primary amides is 1. The third-order valence-corrected chi connectivity index (χ3v) is 4.80. The third kappa shape index (κ3) is 1.65. The van der Waals surface area contributed by atoms with Gasteiger partial charge in [-0.25, -0.2) is 9.36 Å². The molecule has 6 nitrogen and oxygen atoms in total. The predicted molar refractivity (Wildman–Crippen MR) is 72.6 cm³/mol. The molecule has 19 heavy (non-hydrogen) atoms. The zero-order valence-electron chi connectivity index (χ0n) is 10.4. The van der Waals surface area contributed by atoms with Gasteiger partial charge in [0.25, 0.3) is 5.56 Å². The summed E-state index contributed by atoms with van der Waals surface area (Å²) in [5.74, 6) is -0.696. The molecule has 1 amide bonds. The number of amides is 1. The average molecular weight is 279 g/mol. The van der Waals surface area contributed by atoms with Crippen LogP contribution in [0.25, 0.3) is 10.2 Å². The van der Waals surface area contributed by atoms with E-state index >= 15 is 0 Å². The quantitative estimate of drug-likeness (QED) is 0.826. The first kappa shape index (κ1) is 12.2. The molecule has 1 atom stereocenters. The molecule has 0 spiro atoms. The van der Waals surface area contributed by atoms with Gasteiger partial charge >= 0.3 is 5.69 Å². The lowest BCUT2D eigenvalue weighted by atomic mass is 10.2. The highest BCUT2D eigenvalue weighted by Gasteiger charge is 2.24. The highest BCUT2D eigenvalue weighted by Crippen LogP contribution is 2.34. The fraction of sp³-hybridized carbons (Fsp3) is 0.417. The van der Waals surface area contributed by atoms with Crippen molar-refractivity contribution in [2.45, 2.75) is 32.2 Å². The number of nitrogens with one attached hydrogen (secondary N) is 1. The van der Waals surface area contributed by atoms with Gasteiger partial charge in [0.05, 0.1) is 5.39 Å². The van der Waals surface area contributed by atoms with Crippen molar-refractivity contribution >= 4 is 27.5 Å². The summed E-state index contributed by atoms with van der Waals surface area (Å²) in [6.45, 7) is 1.46. The normalized spacial score (nSPS) is 15.6. The molecule has 0 bridgehead atoms. The first-order chi connectivity index (χ1) is 9.00. The number of carbonyl (C=O) groups is 1. The fourth-order valence-corrected chi connectivity index (χ4v) is 3.84. The first-order valence-electron chi connectivity index (χ1n) is 6.09. The Hall–Kier alpha value is -1.89. The summed E-state index contributed by atoms with van der Waals surface area (Å²) in [6, 6.07) is -0.947. The largest absolute Gasteiger partial charge is 0.368 e. The molecule has 3 N–H and O–H groups in total. The molecular weight excluding hydrogens is 266 g/mol. The summed E-state index contributed by atoms with van der Waals surface area (Å²) in [5.41, 5.74) is 5.22. The minimum Gasteiger partial charge on any atom is -0.368 e. The van der Waals surface area contributed by atoms with E-state index in [1.54, 1.807) is 0 Å². The van der Waals surface area contributed by atoms with Crippen LogP contribution in [0.2, 0.25) is 0 Å². The summed E-state index contributed by atoms with van der Waals surface area (Å²) in [6.07, 6.45) is 2.82. The Labute approximate surface area is 111 Å². The van der Waals surface area contributed by atoms with E-state index in [1.807, 2.05) is 0 Å². The number of H-pyrrole nitrogens is 1. The Balaban J connectivity index is 2.39. The number of fused-ring (bicyclic) bond motifs is 3. The van der Waals surface area contributed by atoms with E-state index in [9.17, 15) is 14.4 Å². The van der Waals surface area contributed by atoms with Crippen LogP contribution < -0.4 is 17.0 Å². The standard InChI is InChI=1S/C12H13N3O3S/c1-5(9(13)16)15-11(17)8-6-3-2-4-7(6)19-10(8)14-12(15)18/h5H,2-4H2,1H3,(H2,13,16)(H,14,18). The minimum absolute atomic E-state index is 0.413. The van der Waals surface area contributed by atoms with Crippen molar-refractivity contribution < 1.29 is 4.79 Å². The maximum absolute atomic E-state index is 12.5. The lowest BCUT2D eigenvalue weighted by molar-refractivity contribution is -0.120. The van der Waals surface area contributed by atoms with Crippen LogP contribution in [-0.2, 0) is 17.6 Å². The van der Waals surface area contributed by atoms with Gasteiger partial charge in [-0.3, -0.25) is 14.6 Å². The maximum atomic E-state index is 12.5. The van der Waals surface area contributed by atoms with E-state index in [0.717, 1.165) is 34.3 Å². The van der Waals surface area contributed by atoms with Crippen LogP contribution in [0.5, 0.6) is 0 Å². The number of carbonyl (C=O) groups excluding carboxylic acids is 1. The number of nitrogens with zero attached hydrogens (tertiary/aromatic N) is 1. The Morgan fingerprint density at radius 1 is 1.42 bits per heavy atom. The van der Waals surface area contributed by atoms with Gasteiger partial charge in [0, 0.05) is 4.88 Å². The monoisotopic (exact) mass is 279 g/mol. The number of thiophene rings is 1. The average Bonchev–Trinajstić information content (AvgIpc) is 2.87. The Morgan fingerprint density at radius 3 is 2.84 bits per heavy atom. The number of hydrogen-bond donors (Lipinski definition) is 2. The summed E-state index contributed by atoms with van der Waals surface area (Å²) in [4.78, 5) is 40.1. The molecule has 0 fully saturated rings. The molecule has 0 aliphatic heterocycles. The lowest BCUT2D eigenvalue weighted by Gasteiger charge is -2.10. The van der Waals surface area contributed by atoms with Crippen LogP contribution in [0, 0.1) is 0 Å². The Morgan fingerprint density at radius 2 is 2.16 bits per heavy atom. The molecular formula is C12H13N3O3S. The van der Waals surface area contributed by atoms with Gasteiger partial charge in [-0.15, -0.1) is 11.3 Å². The van der Waals surface area contributed by atoms with Crippen molar-refractivity contribution in [3.63, 3.8) is 0 Å². The Kier molecular flexibility index (Phi) is 2.60. The highest BCUT2D eigenvalue weighted by molar-refractivity contribution is 7.18. The summed E-state index contributed by atoms with van der Waals surface area (Å²) >= 11 is 1.46. The molecule has 0 saturated carbocycles. The number of aromatic nitrogens is 2. The molecule has 2 aromatic heterocycles. The van der Waals surface area contributed by atoms with Gasteiger partial charge in [-0.05, 0) is 31.7 Å². The van der Waals surface area contributed by atoms with E-state index < -0.39 is 23.2 Å². The summed E-state index contributed by atoms with van der Waals surface area (Å²) in [5, 5.41) is 0.546. The van der Waals surface area contributed by atoms with E-state index in [-0.39, 0.29) is 0 Å². The van der Waals surface area contributed by atoms with Crippen molar-refractivity contribution in [1.29, 1.82) is 0 Å². The predicted octanol–water partition coefficient (Wildman–Crippen LogP) is 0.286. The second-order valence-electron chi connectivity index (χ2n) is 4.75. The van der Waals surface area contributed by atoms with Gasteiger partial charge in [-0.1, -0.05) is 0 Å². The smallest absolute Gasteiger partial charge is 0.330 e. The maximum Gasteiger partial charge on any atom is 0.330 e. The van der Waals surface area contributed by atoms with E-state index in [1.165, 1.54) is 18.3 Å². The topological polar surface area (TPSA) is 97.9 Å². The van der Waals surface area contributed by atoms with Crippen molar-refractivity contribution in [2.75, 3.05) is 0 Å². The van der Waals surface area contributed by atoms with Crippen LogP contribution in [0.1, 0.15) is 29.8 Å². The van der Waals surface area contributed by atoms with Crippen molar-refractivity contribution in [3.05, 3.63) is 31.3 Å². The van der Waals surface area contributed by atoms with Crippen LogP contribution in [0.4, 0.5) is 0 Å². The zero-order valence-corrected chi connectivity index (χ0v) is 11.2. The van der Waals surface area contributed by atoms with E-state index in [2.05, 4.69) is 4.98 Å². The van der Waals surface area contributed by atoms with Gasteiger partial charge in [-0.2, -0.15) is 0 Å². The second-order valence-corrected chi connectivity index (χ2v) is 5.85. The van der Waals surface area contributed by atoms with Crippen molar-refractivity contribution in [2.24, 2.45) is 5.73 Å². The molecule has 7 heteroatoms. The highest BCUT2D eigenvalue weighted by atomic mass is 32.1. The number of nitrogens with two attached hydrogens (primary N) is 1. The molecule has 100 valence electrons. The Bertz CT molecular complexity index is 799. The van der Waals surface area contributed by atoms with Gasteiger partial charge < -0.3 is 5.73 Å². The van der Waals surface area contributed by atoms with Crippen LogP contribution in [0.15, 0.2) is 9.59 Å². The molecule has 0 aromatic carbocycles. The molecule has 2 heterocycles. The lowest BCUT2D eigenvalue weighted by Crippen LogP contribution is -2.41. The van der Waals surface area contributed by atoms with Gasteiger partial charge in [0.1, 0.15) is 10.9 Å². The molecule has 3 rings (SSSR count). The minimum atomic E-state index is -0.947. The molecule has 0 saturated heterocycles. The molecule has 1 aliphatic rings. The SMILES string of the molecule is CC(C(N)=O)n1c(=O)[nH]c2sc3c(c2c1=O)CCC3. The number of rotatable bonds is 2. The molecule has 1 unspecified atom stereocenters. The van der Waals surface area contributed by atoms with Crippen molar-refractivity contribution in [1.82, 2.24) is 9.55 Å². The van der Waals surface area contributed by atoms with Crippen LogP contribution in [-0.4, -0.2) is 15.5 Å².